The van der Waals surface area contributed by atoms with E-state index in [1.807, 2.05) is 43.3 Å². The molecule has 0 spiro atoms. The zero-order valence-electron chi connectivity index (χ0n) is 13.7. The van der Waals surface area contributed by atoms with Gasteiger partial charge in [0.2, 0.25) is 5.91 Å². The van der Waals surface area contributed by atoms with Gasteiger partial charge in [-0.05, 0) is 37.8 Å². The van der Waals surface area contributed by atoms with Crippen LogP contribution in [0, 0.1) is 0 Å². The maximum Gasteiger partial charge on any atom is 0.230 e. The molecule has 1 aliphatic carbocycles. The van der Waals surface area contributed by atoms with Gasteiger partial charge in [0.15, 0.2) is 5.16 Å². The highest BCUT2D eigenvalue weighted by molar-refractivity contribution is 8.00. The molecule has 0 bridgehead atoms. The van der Waals surface area contributed by atoms with Crippen LogP contribution in [-0.2, 0) is 11.8 Å². The first-order valence-corrected chi connectivity index (χ1v) is 10.0. The molecule has 1 N–H and O–H groups in total. The molecule has 7 heteroatoms. The van der Waals surface area contributed by atoms with E-state index < -0.39 is 0 Å². The number of aryl methyl sites for hydroxylation is 1. The van der Waals surface area contributed by atoms with E-state index >= 15 is 0 Å². The van der Waals surface area contributed by atoms with E-state index in [-0.39, 0.29) is 5.91 Å². The molecule has 2 heterocycles. The summed E-state index contributed by atoms with van der Waals surface area (Å²) >= 11 is 3.41. The number of hydrogen-bond acceptors (Lipinski definition) is 5. The fourth-order valence-corrected chi connectivity index (χ4v) is 4.64. The SMILES string of the molecule is Cn1ccnc1SC1CCC(NC(=O)CSc2ccncc2)CC1. The molecule has 2 aromatic rings. The summed E-state index contributed by atoms with van der Waals surface area (Å²) in [5, 5.41) is 4.86. The highest BCUT2D eigenvalue weighted by atomic mass is 32.2. The van der Waals surface area contributed by atoms with Crippen LogP contribution in [0.25, 0.3) is 0 Å². The zero-order chi connectivity index (χ0) is 16.8. The number of pyridine rings is 1. The monoisotopic (exact) mass is 362 g/mol. The number of carbonyl (C=O) groups is 1. The lowest BCUT2D eigenvalue weighted by molar-refractivity contribution is -0.119. The van der Waals surface area contributed by atoms with Gasteiger partial charge in [-0.2, -0.15) is 0 Å². The largest absolute Gasteiger partial charge is 0.353 e. The van der Waals surface area contributed by atoms with Crippen molar-refractivity contribution in [3.8, 4) is 0 Å². The topological polar surface area (TPSA) is 59.8 Å². The Kier molecular flexibility index (Phi) is 6.20. The lowest BCUT2D eigenvalue weighted by Crippen LogP contribution is -2.39. The zero-order valence-corrected chi connectivity index (χ0v) is 15.4. The van der Waals surface area contributed by atoms with Crippen LogP contribution in [0.15, 0.2) is 47.0 Å². The van der Waals surface area contributed by atoms with Crippen molar-refractivity contribution in [2.75, 3.05) is 5.75 Å². The first-order valence-electron chi connectivity index (χ1n) is 8.17. The van der Waals surface area contributed by atoms with Crippen molar-refractivity contribution in [3.63, 3.8) is 0 Å². The van der Waals surface area contributed by atoms with Crippen molar-refractivity contribution < 1.29 is 4.79 Å². The number of nitrogens with one attached hydrogen (secondary N) is 1. The number of aromatic nitrogens is 3. The van der Waals surface area contributed by atoms with E-state index in [0.29, 0.717) is 17.0 Å². The van der Waals surface area contributed by atoms with E-state index in [0.717, 1.165) is 35.7 Å². The van der Waals surface area contributed by atoms with Gasteiger partial charge in [-0.15, -0.1) is 11.8 Å². The van der Waals surface area contributed by atoms with Gasteiger partial charge in [-0.25, -0.2) is 4.98 Å². The van der Waals surface area contributed by atoms with Crippen molar-refractivity contribution in [3.05, 3.63) is 36.9 Å². The summed E-state index contributed by atoms with van der Waals surface area (Å²) < 4.78 is 2.06. The van der Waals surface area contributed by atoms with Crippen molar-refractivity contribution in [1.29, 1.82) is 0 Å². The Labute approximate surface area is 151 Å². The molecule has 128 valence electrons. The third-order valence-corrected chi connectivity index (χ3v) is 6.53. The molecule has 0 atom stereocenters. The van der Waals surface area contributed by atoms with Gasteiger partial charge in [0, 0.05) is 48.0 Å². The molecule has 5 nitrogen and oxygen atoms in total. The molecular weight excluding hydrogens is 340 g/mol. The number of imidazole rings is 1. The summed E-state index contributed by atoms with van der Waals surface area (Å²) in [4.78, 5) is 21.5. The second-order valence-electron chi connectivity index (χ2n) is 5.95. The molecule has 0 unspecified atom stereocenters. The summed E-state index contributed by atoms with van der Waals surface area (Å²) in [6.45, 7) is 0. The summed E-state index contributed by atoms with van der Waals surface area (Å²) in [7, 11) is 2.03. The second-order valence-corrected chi connectivity index (χ2v) is 8.27. The standard InChI is InChI=1S/C17H22N4OS2/c1-21-11-10-19-17(21)24-15-4-2-13(3-5-15)20-16(22)12-23-14-6-8-18-9-7-14/h6-11,13,15H,2-5,12H2,1H3,(H,20,22). The Morgan fingerprint density at radius 1 is 1.25 bits per heavy atom. The number of amides is 1. The van der Waals surface area contributed by atoms with E-state index in [2.05, 4.69) is 19.9 Å². The van der Waals surface area contributed by atoms with Gasteiger partial charge in [0.1, 0.15) is 0 Å². The quantitative estimate of drug-likeness (QED) is 0.800. The average Bonchev–Trinajstić information content (AvgIpc) is 3.01. The number of nitrogens with zero attached hydrogens (tertiary/aromatic N) is 3. The van der Waals surface area contributed by atoms with Crippen LogP contribution in [0.2, 0.25) is 0 Å². The number of thioether (sulfide) groups is 2. The molecular formula is C17H22N4OS2. The Hall–Kier alpha value is -1.47. The van der Waals surface area contributed by atoms with Crippen LogP contribution in [0.4, 0.5) is 0 Å². The third-order valence-electron chi connectivity index (χ3n) is 4.11. The number of rotatable bonds is 6. The fourth-order valence-electron chi connectivity index (χ4n) is 2.79. The van der Waals surface area contributed by atoms with Crippen molar-refractivity contribution in [1.82, 2.24) is 19.9 Å². The smallest absolute Gasteiger partial charge is 0.230 e. The van der Waals surface area contributed by atoms with Crippen LogP contribution in [-0.4, -0.2) is 37.5 Å². The summed E-state index contributed by atoms with van der Waals surface area (Å²) in [5.74, 6) is 0.586. The van der Waals surface area contributed by atoms with Gasteiger partial charge in [0.05, 0.1) is 5.75 Å². The Bertz CT molecular complexity index is 654. The predicted octanol–water partition coefficient (Wildman–Crippen LogP) is 3.13. The summed E-state index contributed by atoms with van der Waals surface area (Å²) in [5.41, 5.74) is 0. The molecule has 24 heavy (non-hydrogen) atoms. The second kappa shape index (κ2) is 8.58. The van der Waals surface area contributed by atoms with Gasteiger partial charge in [-0.1, -0.05) is 11.8 Å². The van der Waals surface area contributed by atoms with Crippen LogP contribution in [0.3, 0.4) is 0 Å². The van der Waals surface area contributed by atoms with Gasteiger partial charge in [-0.3, -0.25) is 9.78 Å². The number of hydrogen-bond donors (Lipinski definition) is 1. The predicted molar refractivity (Wildman–Crippen MR) is 98.2 cm³/mol. The maximum atomic E-state index is 12.1. The van der Waals surface area contributed by atoms with Crippen LogP contribution >= 0.6 is 23.5 Å². The van der Waals surface area contributed by atoms with Crippen molar-refractivity contribution in [2.24, 2.45) is 7.05 Å². The maximum absolute atomic E-state index is 12.1. The minimum absolute atomic E-state index is 0.122. The first-order chi connectivity index (χ1) is 11.7. The molecule has 1 saturated carbocycles. The van der Waals surface area contributed by atoms with Gasteiger partial charge >= 0.3 is 0 Å². The molecule has 0 aromatic carbocycles. The molecule has 1 fully saturated rings. The van der Waals surface area contributed by atoms with Crippen LogP contribution < -0.4 is 5.32 Å². The highest BCUT2D eigenvalue weighted by Gasteiger charge is 2.24. The molecule has 0 aliphatic heterocycles. The summed E-state index contributed by atoms with van der Waals surface area (Å²) in [6, 6.07) is 4.17. The minimum atomic E-state index is 0.122. The van der Waals surface area contributed by atoms with Crippen molar-refractivity contribution >= 4 is 29.4 Å². The Balaban J connectivity index is 1.37. The third kappa shape index (κ3) is 5.01. The highest BCUT2D eigenvalue weighted by Crippen LogP contribution is 2.32. The lowest BCUT2D eigenvalue weighted by Gasteiger charge is -2.28. The van der Waals surface area contributed by atoms with Crippen LogP contribution in [0.1, 0.15) is 25.7 Å². The van der Waals surface area contributed by atoms with E-state index in [1.54, 1.807) is 24.2 Å². The van der Waals surface area contributed by atoms with E-state index in [1.165, 1.54) is 0 Å². The van der Waals surface area contributed by atoms with Gasteiger partial charge in [0.25, 0.3) is 0 Å². The van der Waals surface area contributed by atoms with Crippen molar-refractivity contribution in [2.45, 2.75) is 47.0 Å². The molecule has 2 aromatic heterocycles. The van der Waals surface area contributed by atoms with E-state index in [9.17, 15) is 4.79 Å². The minimum Gasteiger partial charge on any atom is -0.353 e. The Morgan fingerprint density at radius 2 is 2.00 bits per heavy atom. The molecule has 0 saturated heterocycles. The molecule has 3 rings (SSSR count). The average molecular weight is 363 g/mol. The van der Waals surface area contributed by atoms with Gasteiger partial charge < -0.3 is 9.88 Å². The summed E-state index contributed by atoms with van der Waals surface area (Å²) in [6.07, 6.45) is 11.7. The molecule has 1 amide bonds. The Morgan fingerprint density at radius 3 is 2.67 bits per heavy atom. The first kappa shape index (κ1) is 17.4. The van der Waals surface area contributed by atoms with Crippen LogP contribution in [0.5, 0.6) is 0 Å². The molecule has 1 aliphatic rings. The lowest BCUT2D eigenvalue weighted by atomic mass is 9.95. The number of carbonyl (C=O) groups excluding carboxylic acids is 1. The van der Waals surface area contributed by atoms with E-state index in [4.69, 9.17) is 0 Å². The fraction of sp³-hybridized carbons (Fsp3) is 0.471. The normalized spacial score (nSPS) is 20.7. The molecule has 0 radical (unpaired) electrons.